The zero-order valence-corrected chi connectivity index (χ0v) is 8.93. The van der Waals surface area contributed by atoms with Crippen molar-refractivity contribution in [2.45, 2.75) is 0 Å². The lowest BCUT2D eigenvalue weighted by atomic mass is 10.2. The van der Waals surface area contributed by atoms with E-state index < -0.39 is 5.97 Å². The van der Waals surface area contributed by atoms with E-state index in [4.69, 9.17) is 0 Å². The van der Waals surface area contributed by atoms with Crippen LogP contribution in [0.25, 0.3) is 10.1 Å². The smallest absolute Gasteiger partial charge is 0.384 e. The van der Waals surface area contributed by atoms with Gasteiger partial charge in [-0.2, -0.15) is 0 Å². The molecule has 1 heterocycles. The molecule has 0 fully saturated rings. The number of benzene rings is 1. The average molecular weight is 216 g/mol. The van der Waals surface area contributed by atoms with Gasteiger partial charge in [-0.3, -0.25) is 0 Å². The van der Waals surface area contributed by atoms with Crippen LogP contribution in [0.3, 0.4) is 0 Å². The third-order valence-electron chi connectivity index (χ3n) is 1.95. The average Bonchev–Trinajstić information content (AvgIpc) is 2.72. The summed E-state index contributed by atoms with van der Waals surface area (Å²) in [4.78, 5) is 10.8. The fourth-order valence-corrected chi connectivity index (χ4v) is 1.99. The molecule has 0 atom stereocenters. The van der Waals surface area contributed by atoms with Crippen LogP contribution in [-0.2, 0) is 9.53 Å². The summed E-state index contributed by atoms with van der Waals surface area (Å²) >= 11 is 1.69. The summed E-state index contributed by atoms with van der Waals surface area (Å²) in [6.45, 7) is 0. The van der Waals surface area contributed by atoms with Crippen molar-refractivity contribution in [2.75, 3.05) is 7.11 Å². The van der Waals surface area contributed by atoms with Crippen molar-refractivity contribution < 1.29 is 9.53 Å². The Bertz CT molecular complexity index is 557. The summed E-state index contributed by atoms with van der Waals surface area (Å²) in [7, 11) is 1.32. The van der Waals surface area contributed by atoms with E-state index in [1.807, 2.05) is 29.6 Å². The van der Waals surface area contributed by atoms with Crippen molar-refractivity contribution in [1.82, 2.24) is 0 Å². The molecule has 1 aromatic heterocycles. The summed E-state index contributed by atoms with van der Waals surface area (Å²) in [6, 6.07) is 7.89. The molecule has 74 valence electrons. The number of ether oxygens (including phenoxy) is 1. The van der Waals surface area contributed by atoms with Crippen LogP contribution in [0.4, 0.5) is 0 Å². The maximum atomic E-state index is 10.8. The first-order chi connectivity index (χ1) is 7.29. The van der Waals surface area contributed by atoms with Crippen LogP contribution < -0.4 is 0 Å². The number of methoxy groups -OCH3 is 1. The fourth-order valence-electron chi connectivity index (χ4n) is 1.22. The lowest BCUT2D eigenvalue weighted by Crippen LogP contribution is -1.94. The Kier molecular flexibility index (Phi) is 2.70. The second kappa shape index (κ2) is 4.16. The number of fused-ring (bicyclic) bond motifs is 1. The van der Waals surface area contributed by atoms with Crippen LogP contribution in [0.1, 0.15) is 5.56 Å². The molecule has 2 nitrogen and oxygen atoms in total. The Morgan fingerprint density at radius 1 is 1.40 bits per heavy atom. The number of hydrogen-bond donors (Lipinski definition) is 0. The molecule has 15 heavy (non-hydrogen) atoms. The SMILES string of the molecule is COC(=O)C#Cc1ccc2sccc2c1. The molecule has 0 saturated heterocycles. The minimum atomic E-state index is -0.514. The van der Waals surface area contributed by atoms with E-state index in [9.17, 15) is 4.79 Å². The molecule has 0 spiro atoms. The standard InChI is InChI=1S/C12H8O2S/c1-14-12(13)5-3-9-2-4-11-10(8-9)6-7-15-11/h2,4,6-8H,1H3. The Morgan fingerprint density at radius 2 is 2.27 bits per heavy atom. The quantitative estimate of drug-likeness (QED) is 0.499. The van der Waals surface area contributed by atoms with Crippen molar-refractivity contribution in [2.24, 2.45) is 0 Å². The lowest BCUT2D eigenvalue weighted by molar-refractivity contribution is -0.133. The molecule has 2 rings (SSSR count). The third-order valence-corrected chi connectivity index (χ3v) is 2.84. The highest BCUT2D eigenvalue weighted by atomic mass is 32.1. The monoisotopic (exact) mass is 216 g/mol. The Balaban J connectivity index is 2.35. The van der Waals surface area contributed by atoms with Gasteiger partial charge in [0.2, 0.25) is 0 Å². The number of thiophene rings is 1. The fraction of sp³-hybridized carbons (Fsp3) is 0.0833. The van der Waals surface area contributed by atoms with Gasteiger partial charge in [-0.15, -0.1) is 11.3 Å². The van der Waals surface area contributed by atoms with Crippen LogP contribution in [-0.4, -0.2) is 13.1 Å². The number of carbonyl (C=O) groups is 1. The van der Waals surface area contributed by atoms with E-state index in [0.717, 1.165) is 10.9 Å². The van der Waals surface area contributed by atoms with Gasteiger partial charge >= 0.3 is 5.97 Å². The van der Waals surface area contributed by atoms with Gasteiger partial charge in [0.1, 0.15) is 0 Å². The van der Waals surface area contributed by atoms with Crippen molar-refractivity contribution in [3.63, 3.8) is 0 Å². The van der Waals surface area contributed by atoms with Gasteiger partial charge in [-0.05, 0) is 35.0 Å². The first kappa shape index (κ1) is 9.75. The zero-order chi connectivity index (χ0) is 10.7. The second-order valence-electron chi connectivity index (χ2n) is 2.91. The third kappa shape index (κ3) is 2.17. The molecular weight excluding hydrogens is 208 g/mol. The number of hydrogen-bond acceptors (Lipinski definition) is 3. The molecular formula is C12H8O2S. The molecule has 0 aliphatic carbocycles. The predicted molar refractivity (Wildman–Crippen MR) is 60.7 cm³/mol. The minimum Gasteiger partial charge on any atom is -0.459 e. The van der Waals surface area contributed by atoms with E-state index in [-0.39, 0.29) is 0 Å². The molecule has 0 radical (unpaired) electrons. The zero-order valence-electron chi connectivity index (χ0n) is 8.11. The Morgan fingerprint density at radius 3 is 3.07 bits per heavy atom. The number of rotatable bonds is 0. The maximum Gasteiger partial charge on any atom is 0.384 e. The van der Waals surface area contributed by atoms with Gasteiger partial charge in [-0.1, -0.05) is 5.92 Å². The molecule has 0 amide bonds. The van der Waals surface area contributed by atoms with E-state index >= 15 is 0 Å². The molecule has 3 heteroatoms. The summed E-state index contributed by atoms with van der Waals surface area (Å²) < 4.78 is 5.65. The number of esters is 1. The summed E-state index contributed by atoms with van der Waals surface area (Å²) in [6.07, 6.45) is 0. The van der Waals surface area contributed by atoms with E-state index in [1.165, 1.54) is 11.8 Å². The van der Waals surface area contributed by atoms with Crippen LogP contribution >= 0.6 is 11.3 Å². The minimum absolute atomic E-state index is 0.514. The Labute approximate surface area is 91.5 Å². The van der Waals surface area contributed by atoms with Gasteiger partial charge < -0.3 is 4.74 Å². The highest BCUT2D eigenvalue weighted by Crippen LogP contribution is 2.21. The van der Waals surface area contributed by atoms with Gasteiger partial charge in [0, 0.05) is 16.2 Å². The highest BCUT2D eigenvalue weighted by Gasteiger charge is 1.95. The molecule has 0 aliphatic heterocycles. The second-order valence-corrected chi connectivity index (χ2v) is 3.86. The molecule has 1 aromatic carbocycles. The van der Waals surface area contributed by atoms with Crippen molar-refractivity contribution >= 4 is 27.4 Å². The maximum absolute atomic E-state index is 10.8. The normalized spacial score (nSPS) is 9.40. The van der Waals surface area contributed by atoms with Gasteiger partial charge in [0.05, 0.1) is 7.11 Å². The Hall–Kier alpha value is -1.79. The first-order valence-electron chi connectivity index (χ1n) is 4.37. The molecule has 0 unspecified atom stereocenters. The van der Waals surface area contributed by atoms with Crippen LogP contribution in [0.15, 0.2) is 29.6 Å². The summed E-state index contributed by atoms with van der Waals surface area (Å²) in [5, 5.41) is 3.18. The van der Waals surface area contributed by atoms with Crippen LogP contribution in [0.5, 0.6) is 0 Å². The van der Waals surface area contributed by atoms with Gasteiger partial charge in [-0.25, -0.2) is 4.79 Å². The van der Waals surface area contributed by atoms with Crippen molar-refractivity contribution in [1.29, 1.82) is 0 Å². The largest absolute Gasteiger partial charge is 0.459 e. The summed E-state index contributed by atoms with van der Waals surface area (Å²) in [5.74, 6) is 4.64. The molecule has 0 aliphatic rings. The molecule has 0 N–H and O–H groups in total. The van der Waals surface area contributed by atoms with E-state index in [0.29, 0.717) is 0 Å². The topological polar surface area (TPSA) is 26.3 Å². The van der Waals surface area contributed by atoms with E-state index in [2.05, 4.69) is 16.6 Å². The highest BCUT2D eigenvalue weighted by molar-refractivity contribution is 7.17. The van der Waals surface area contributed by atoms with Crippen molar-refractivity contribution in [3.8, 4) is 11.8 Å². The van der Waals surface area contributed by atoms with E-state index in [1.54, 1.807) is 11.3 Å². The molecule has 0 saturated carbocycles. The molecule has 2 aromatic rings. The molecule has 0 bridgehead atoms. The predicted octanol–water partition coefficient (Wildman–Crippen LogP) is 2.43. The number of carbonyl (C=O) groups excluding carboxylic acids is 1. The van der Waals surface area contributed by atoms with Gasteiger partial charge in [0.25, 0.3) is 0 Å². The van der Waals surface area contributed by atoms with Gasteiger partial charge in [0.15, 0.2) is 0 Å². The van der Waals surface area contributed by atoms with Crippen LogP contribution in [0, 0.1) is 11.8 Å². The first-order valence-corrected chi connectivity index (χ1v) is 5.25. The van der Waals surface area contributed by atoms with Crippen LogP contribution in [0.2, 0.25) is 0 Å². The summed E-state index contributed by atoms with van der Waals surface area (Å²) in [5.41, 5.74) is 0.825. The lowest BCUT2D eigenvalue weighted by Gasteiger charge is -1.91. The van der Waals surface area contributed by atoms with Crippen molar-refractivity contribution in [3.05, 3.63) is 35.2 Å².